The van der Waals surface area contributed by atoms with E-state index in [1.165, 1.54) is 6.42 Å². The van der Waals surface area contributed by atoms with Crippen LogP contribution in [0.15, 0.2) is 18.2 Å². The summed E-state index contributed by atoms with van der Waals surface area (Å²) in [5.74, 6) is 0.249. The lowest BCUT2D eigenvalue weighted by Gasteiger charge is -2.31. The fourth-order valence-corrected chi connectivity index (χ4v) is 4.26. The van der Waals surface area contributed by atoms with Gasteiger partial charge in [0.05, 0.1) is 5.56 Å². The number of rotatable bonds is 8. The van der Waals surface area contributed by atoms with Gasteiger partial charge in [-0.1, -0.05) is 34.6 Å². The van der Waals surface area contributed by atoms with Crippen LogP contribution < -0.4 is 15.5 Å². The topological polar surface area (TPSA) is 61.4 Å². The van der Waals surface area contributed by atoms with Crippen LogP contribution in [0.4, 0.5) is 11.4 Å². The quantitative estimate of drug-likeness (QED) is 0.580. The zero-order valence-electron chi connectivity index (χ0n) is 19.8. The molecule has 1 aromatic carbocycles. The van der Waals surface area contributed by atoms with Crippen molar-refractivity contribution in [2.75, 3.05) is 23.3 Å². The maximum absolute atomic E-state index is 13.0. The van der Waals surface area contributed by atoms with E-state index >= 15 is 0 Å². The Morgan fingerprint density at radius 1 is 1.10 bits per heavy atom. The van der Waals surface area contributed by atoms with E-state index < -0.39 is 0 Å². The molecule has 0 aromatic heterocycles. The van der Waals surface area contributed by atoms with Gasteiger partial charge in [0.25, 0.3) is 5.91 Å². The van der Waals surface area contributed by atoms with Gasteiger partial charge in [0.1, 0.15) is 0 Å². The minimum atomic E-state index is -0.0675. The van der Waals surface area contributed by atoms with Gasteiger partial charge in [-0.05, 0) is 68.6 Å². The molecule has 1 heterocycles. The molecular formula is C25H41N3O2. The first kappa shape index (κ1) is 24.2. The predicted octanol–water partition coefficient (Wildman–Crippen LogP) is 5.61. The van der Waals surface area contributed by atoms with Crippen LogP contribution in [-0.2, 0) is 4.79 Å². The molecule has 1 fully saturated rings. The van der Waals surface area contributed by atoms with Crippen LogP contribution in [0.25, 0.3) is 0 Å². The molecule has 2 atom stereocenters. The number of nitrogens with one attached hydrogen (secondary N) is 2. The highest BCUT2D eigenvalue weighted by Gasteiger charge is 2.21. The summed E-state index contributed by atoms with van der Waals surface area (Å²) < 4.78 is 0. The molecule has 2 rings (SSSR count). The molecule has 1 saturated heterocycles. The van der Waals surface area contributed by atoms with Crippen LogP contribution in [0.2, 0.25) is 0 Å². The summed E-state index contributed by atoms with van der Waals surface area (Å²) in [6, 6.07) is 5.87. The van der Waals surface area contributed by atoms with Crippen LogP contribution in [-0.4, -0.2) is 30.9 Å². The highest BCUT2D eigenvalue weighted by atomic mass is 16.2. The summed E-state index contributed by atoms with van der Waals surface area (Å²) in [4.78, 5) is 27.9. The van der Waals surface area contributed by atoms with E-state index in [-0.39, 0.29) is 23.3 Å². The van der Waals surface area contributed by atoms with Crippen molar-refractivity contribution in [1.29, 1.82) is 0 Å². The van der Waals surface area contributed by atoms with Crippen LogP contribution in [0, 0.1) is 11.3 Å². The van der Waals surface area contributed by atoms with Crippen molar-refractivity contribution in [1.82, 2.24) is 5.32 Å². The molecule has 1 aliphatic rings. The lowest BCUT2D eigenvalue weighted by Crippen LogP contribution is -2.35. The van der Waals surface area contributed by atoms with Crippen LogP contribution in [0.1, 0.15) is 90.4 Å². The first-order valence-electron chi connectivity index (χ1n) is 11.6. The number of piperidine rings is 1. The first-order chi connectivity index (χ1) is 14.1. The number of amides is 2. The minimum absolute atomic E-state index is 0.00533. The molecule has 168 valence electrons. The molecule has 0 saturated carbocycles. The third-order valence-electron chi connectivity index (χ3n) is 5.71. The smallest absolute Gasteiger partial charge is 0.253 e. The Hall–Kier alpha value is -2.04. The molecule has 2 N–H and O–H groups in total. The van der Waals surface area contributed by atoms with Crippen LogP contribution in [0.5, 0.6) is 0 Å². The fourth-order valence-electron chi connectivity index (χ4n) is 4.26. The Morgan fingerprint density at radius 2 is 1.77 bits per heavy atom. The lowest BCUT2D eigenvalue weighted by atomic mass is 9.84. The van der Waals surface area contributed by atoms with Crippen molar-refractivity contribution in [2.45, 2.75) is 86.1 Å². The summed E-state index contributed by atoms with van der Waals surface area (Å²) in [6.07, 6.45) is 5.91. The molecule has 1 aromatic rings. The second-order valence-corrected chi connectivity index (χ2v) is 10.2. The Balaban J connectivity index is 2.17. The molecular weight excluding hydrogens is 374 g/mol. The SMILES string of the molecule is CC[C@H](C)NC(=O)c1cc(NC(=O)C[C@H](C)CC(C)(C)C)ccc1N1CCCCC1. The van der Waals surface area contributed by atoms with Gasteiger partial charge in [0, 0.05) is 36.9 Å². The first-order valence-corrected chi connectivity index (χ1v) is 11.6. The Bertz CT molecular complexity index is 718. The zero-order valence-corrected chi connectivity index (χ0v) is 19.8. The van der Waals surface area contributed by atoms with Crippen molar-refractivity contribution in [3.8, 4) is 0 Å². The van der Waals surface area contributed by atoms with Crippen LogP contribution >= 0.6 is 0 Å². The molecule has 0 aliphatic carbocycles. The van der Waals surface area contributed by atoms with E-state index in [0.717, 1.165) is 44.5 Å². The molecule has 30 heavy (non-hydrogen) atoms. The molecule has 0 radical (unpaired) electrons. The summed E-state index contributed by atoms with van der Waals surface area (Å²) in [5, 5.41) is 6.10. The standard InChI is InChI=1S/C25H41N3O2/c1-7-19(3)26-24(30)21-16-20(11-12-22(21)28-13-9-8-10-14-28)27-23(29)15-18(2)17-25(4,5)6/h11-12,16,18-19H,7-10,13-15,17H2,1-6H3,(H,26,30)(H,27,29)/t18-,19-/m0/s1. The number of anilines is 2. The number of nitrogens with zero attached hydrogens (tertiary/aromatic N) is 1. The molecule has 0 unspecified atom stereocenters. The highest BCUT2D eigenvalue weighted by molar-refractivity contribution is 6.02. The molecule has 2 amide bonds. The summed E-state index contributed by atoms with van der Waals surface area (Å²) in [5.41, 5.74) is 2.52. The normalized spacial score (nSPS) is 16.7. The van der Waals surface area contributed by atoms with Gasteiger partial charge < -0.3 is 15.5 Å². The van der Waals surface area contributed by atoms with Crippen molar-refractivity contribution < 1.29 is 9.59 Å². The van der Waals surface area contributed by atoms with Crippen molar-refractivity contribution >= 4 is 23.2 Å². The summed E-state index contributed by atoms with van der Waals surface area (Å²) in [6.45, 7) is 14.7. The van der Waals surface area contributed by atoms with Gasteiger partial charge >= 0.3 is 0 Å². The Morgan fingerprint density at radius 3 is 2.37 bits per heavy atom. The summed E-state index contributed by atoms with van der Waals surface area (Å²) in [7, 11) is 0. The van der Waals surface area contributed by atoms with E-state index in [1.807, 2.05) is 25.1 Å². The van der Waals surface area contributed by atoms with Crippen molar-refractivity contribution in [3.63, 3.8) is 0 Å². The van der Waals surface area contributed by atoms with Gasteiger partial charge in [0.15, 0.2) is 0 Å². The average molecular weight is 416 g/mol. The highest BCUT2D eigenvalue weighted by Crippen LogP contribution is 2.29. The largest absolute Gasteiger partial charge is 0.371 e. The second kappa shape index (κ2) is 10.8. The molecule has 5 nitrogen and oxygen atoms in total. The van der Waals surface area contributed by atoms with E-state index in [2.05, 4.69) is 50.2 Å². The van der Waals surface area contributed by atoms with Gasteiger partial charge in [0.2, 0.25) is 5.91 Å². The maximum atomic E-state index is 13.0. The number of carbonyl (C=O) groups excluding carboxylic acids is 2. The fraction of sp³-hybridized carbons (Fsp3) is 0.680. The maximum Gasteiger partial charge on any atom is 0.253 e. The van der Waals surface area contributed by atoms with E-state index in [1.54, 1.807) is 0 Å². The molecule has 1 aliphatic heterocycles. The van der Waals surface area contributed by atoms with Gasteiger partial charge in [-0.15, -0.1) is 0 Å². The minimum Gasteiger partial charge on any atom is -0.371 e. The monoisotopic (exact) mass is 415 g/mol. The number of benzene rings is 1. The van der Waals surface area contributed by atoms with Gasteiger partial charge in [-0.25, -0.2) is 0 Å². The lowest BCUT2D eigenvalue weighted by molar-refractivity contribution is -0.117. The average Bonchev–Trinajstić information content (AvgIpc) is 2.66. The van der Waals surface area contributed by atoms with Crippen LogP contribution in [0.3, 0.4) is 0 Å². The molecule has 5 heteroatoms. The van der Waals surface area contributed by atoms with Gasteiger partial charge in [-0.2, -0.15) is 0 Å². The third kappa shape index (κ3) is 7.66. The number of carbonyl (C=O) groups is 2. The van der Waals surface area contributed by atoms with Crippen molar-refractivity contribution in [2.24, 2.45) is 11.3 Å². The van der Waals surface area contributed by atoms with E-state index in [0.29, 0.717) is 23.6 Å². The van der Waals surface area contributed by atoms with E-state index in [9.17, 15) is 9.59 Å². The zero-order chi connectivity index (χ0) is 22.3. The van der Waals surface area contributed by atoms with Gasteiger partial charge in [-0.3, -0.25) is 9.59 Å². The Labute approximate surface area is 183 Å². The van der Waals surface area contributed by atoms with Crippen molar-refractivity contribution in [3.05, 3.63) is 23.8 Å². The van der Waals surface area contributed by atoms with E-state index in [4.69, 9.17) is 0 Å². The number of hydrogen-bond acceptors (Lipinski definition) is 3. The molecule has 0 bridgehead atoms. The summed E-state index contributed by atoms with van der Waals surface area (Å²) >= 11 is 0. The number of hydrogen-bond donors (Lipinski definition) is 2. The predicted molar refractivity (Wildman–Crippen MR) is 126 cm³/mol. The Kier molecular flexibility index (Phi) is 8.75. The third-order valence-corrected chi connectivity index (χ3v) is 5.71. The molecule has 0 spiro atoms. The second-order valence-electron chi connectivity index (χ2n) is 10.2.